The van der Waals surface area contributed by atoms with Crippen molar-refractivity contribution in [3.05, 3.63) is 11.4 Å². The van der Waals surface area contributed by atoms with Gasteiger partial charge in [0.15, 0.2) is 0 Å². The fraction of sp³-hybridized carbons (Fsp3) is 0.750. The van der Waals surface area contributed by atoms with Gasteiger partial charge in [0.2, 0.25) is 5.88 Å². The van der Waals surface area contributed by atoms with E-state index in [9.17, 15) is 0 Å². The Morgan fingerprint density at radius 1 is 1.25 bits per heavy atom. The molecule has 0 saturated heterocycles. The van der Waals surface area contributed by atoms with Crippen LogP contribution in [0, 0.1) is 6.92 Å². The van der Waals surface area contributed by atoms with E-state index < -0.39 is 0 Å². The molecule has 1 atom stereocenters. The second-order valence-electron chi connectivity index (χ2n) is 5.78. The lowest BCUT2D eigenvalue weighted by molar-refractivity contribution is 0.199. The highest BCUT2D eigenvalue weighted by Gasteiger charge is 2.28. The Morgan fingerprint density at radius 2 is 2.00 bits per heavy atom. The molecule has 1 heterocycles. The third-order valence-electron chi connectivity index (χ3n) is 3.61. The van der Waals surface area contributed by atoms with Crippen molar-refractivity contribution >= 4 is 5.82 Å². The van der Waals surface area contributed by atoms with E-state index in [1.807, 2.05) is 6.92 Å². The Morgan fingerprint density at radius 3 is 2.60 bits per heavy atom. The van der Waals surface area contributed by atoms with Crippen LogP contribution in [0.2, 0.25) is 0 Å². The maximum absolute atomic E-state index is 6.03. The first kappa shape index (κ1) is 15.1. The Hall–Kier alpha value is -1.32. The molecule has 1 fully saturated rings. The summed E-state index contributed by atoms with van der Waals surface area (Å²) in [6, 6.07) is 0. The van der Waals surface area contributed by atoms with E-state index in [2.05, 4.69) is 36.1 Å². The second-order valence-corrected chi connectivity index (χ2v) is 5.78. The van der Waals surface area contributed by atoms with Crippen LogP contribution in [-0.2, 0) is 0 Å². The molecule has 0 aromatic carbocycles. The van der Waals surface area contributed by atoms with Crippen LogP contribution in [0.3, 0.4) is 0 Å². The smallest absolute Gasteiger partial charge is 0.222 e. The molecule has 4 heteroatoms. The molecule has 1 aromatic rings. The van der Waals surface area contributed by atoms with Gasteiger partial charge in [0.1, 0.15) is 11.6 Å². The highest BCUT2D eigenvalue weighted by Crippen LogP contribution is 2.40. The summed E-state index contributed by atoms with van der Waals surface area (Å²) in [5.74, 6) is 3.21. The molecule has 0 radical (unpaired) electrons. The molecule has 1 saturated carbocycles. The summed E-state index contributed by atoms with van der Waals surface area (Å²) in [6.07, 6.45) is 5.90. The summed E-state index contributed by atoms with van der Waals surface area (Å²) in [6.45, 7) is 9.43. The third kappa shape index (κ3) is 3.84. The number of nitrogens with one attached hydrogen (secondary N) is 1. The number of rotatable bonds is 8. The van der Waals surface area contributed by atoms with Crippen LogP contribution >= 0.6 is 0 Å². The minimum atomic E-state index is 0.208. The van der Waals surface area contributed by atoms with Crippen molar-refractivity contribution in [2.45, 2.75) is 71.8 Å². The molecule has 0 bridgehead atoms. The number of hydrogen-bond donors (Lipinski definition) is 1. The first-order valence-electron chi connectivity index (χ1n) is 7.94. The van der Waals surface area contributed by atoms with Crippen LogP contribution in [0.25, 0.3) is 0 Å². The monoisotopic (exact) mass is 277 g/mol. The van der Waals surface area contributed by atoms with Crippen LogP contribution in [0.4, 0.5) is 5.82 Å². The fourth-order valence-corrected chi connectivity index (χ4v) is 2.22. The topological polar surface area (TPSA) is 47.0 Å². The van der Waals surface area contributed by atoms with Crippen molar-refractivity contribution in [2.24, 2.45) is 0 Å². The average Bonchev–Trinajstić information content (AvgIpc) is 3.24. The maximum Gasteiger partial charge on any atom is 0.222 e. The fourth-order valence-electron chi connectivity index (χ4n) is 2.22. The van der Waals surface area contributed by atoms with Crippen molar-refractivity contribution in [1.82, 2.24) is 9.97 Å². The summed E-state index contributed by atoms with van der Waals surface area (Å²) in [4.78, 5) is 9.34. The van der Waals surface area contributed by atoms with Crippen molar-refractivity contribution in [3.8, 4) is 5.88 Å². The highest BCUT2D eigenvalue weighted by molar-refractivity contribution is 5.49. The van der Waals surface area contributed by atoms with Crippen LogP contribution in [0.15, 0.2) is 0 Å². The van der Waals surface area contributed by atoms with E-state index >= 15 is 0 Å². The summed E-state index contributed by atoms with van der Waals surface area (Å²) < 4.78 is 6.03. The summed E-state index contributed by atoms with van der Waals surface area (Å²) in [5, 5.41) is 3.40. The van der Waals surface area contributed by atoms with Gasteiger partial charge in [-0.2, -0.15) is 4.98 Å². The lowest BCUT2D eigenvalue weighted by Gasteiger charge is -2.18. The average molecular weight is 277 g/mol. The van der Waals surface area contributed by atoms with Crippen LogP contribution in [0.5, 0.6) is 5.88 Å². The summed E-state index contributed by atoms with van der Waals surface area (Å²) in [5.41, 5.74) is 1.03. The van der Waals surface area contributed by atoms with Gasteiger partial charge in [-0.1, -0.05) is 20.3 Å². The first-order valence-corrected chi connectivity index (χ1v) is 7.94. The van der Waals surface area contributed by atoms with Gasteiger partial charge in [-0.3, -0.25) is 0 Å². The molecule has 20 heavy (non-hydrogen) atoms. The Balaban J connectivity index is 2.21. The van der Waals surface area contributed by atoms with E-state index in [1.54, 1.807) is 0 Å². The molecule has 112 valence electrons. The predicted molar refractivity (Wildman–Crippen MR) is 82.5 cm³/mol. The minimum Gasteiger partial charge on any atom is -0.474 e. The van der Waals surface area contributed by atoms with Gasteiger partial charge in [-0.15, -0.1) is 0 Å². The van der Waals surface area contributed by atoms with Gasteiger partial charge in [0.05, 0.1) is 11.7 Å². The van der Waals surface area contributed by atoms with Gasteiger partial charge < -0.3 is 10.1 Å². The largest absolute Gasteiger partial charge is 0.474 e. The molecule has 0 aliphatic heterocycles. The Kier molecular flexibility index (Phi) is 5.21. The molecule has 4 nitrogen and oxygen atoms in total. The van der Waals surface area contributed by atoms with E-state index in [-0.39, 0.29) is 6.10 Å². The highest BCUT2D eigenvalue weighted by atomic mass is 16.5. The zero-order valence-corrected chi connectivity index (χ0v) is 13.2. The normalized spacial score (nSPS) is 16.0. The van der Waals surface area contributed by atoms with E-state index in [1.165, 1.54) is 12.8 Å². The molecule has 1 N–H and O–H groups in total. The number of hydrogen-bond acceptors (Lipinski definition) is 4. The molecule has 0 amide bonds. The van der Waals surface area contributed by atoms with Crippen LogP contribution in [-0.4, -0.2) is 22.6 Å². The van der Waals surface area contributed by atoms with E-state index in [0.717, 1.165) is 48.9 Å². The lowest BCUT2D eigenvalue weighted by Crippen LogP contribution is -2.15. The quantitative estimate of drug-likeness (QED) is 0.778. The van der Waals surface area contributed by atoms with E-state index in [4.69, 9.17) is 4.74 Å². The minimum absolute atomic E-state index is 0.208. The number of ether oxygens (including phenoxy) is 1. The molecule has 1 aliphatic carbocycles. The van der Waals surface area contributed by atoms with Gasteiger partial charge in [0.25, 0.3) is 0 Å². The SMILES string of the molecule is CCCNc1nc(C2CC2)nc(OC(C)CCC)c1C. The van der Waals surface area contributed by atoms with Gasteiger partial charge in [-0.05, 0) is 39.5 Å². The van der Waals surface area contributed by atoms with Crippen molar-refractivity contribution in [3.63, 3.8) is 0 Å². The number of aromatic nitrogens is 2. The number of nitrogens with zero attached hydrogens (tertiary/aromatic N) is 2. The number of anilines is 1. The molecule has 0 spiro atoms. The lowest BCUT2D eigenvalue weighted by atomic mass is 10.2. The zero-order valence-electron chi connectivity index (χ0n) is 13.2. The molecular weight excluding hydrogens is 250 g/mol. The van der Waals surface area contributed by atoms with Crippen molar-refractivity contribution < 1.29 is 4.74 Å². The molecule has 1 unspecified atom stereocenters. The molecule has 1 aromatic heterocycles. The molecular formula is C16H27N3O. The predicted octanol–water partition coefficient (Wildman–Crippen LogP) is 4.05. The first-order chi connectivity index (χ1) is 9.65. The maximum atomic E-state index is 6.03. The second kappa shape index (κ2) is 6.91. The zero-order chi connectivity index (χ0) is 14.5. The van der Waals surface area contributed by atoms with Crippen molar-refractivity contribution in [2.75, 3.05) is 11.9 Å². The van der Waals surface area contributed by atoms with E-state index in [0.29, 0.717) is 5.92 Å². The third-order valence-corrected chi connectivity index (χ3v) is 3.61. The Labute approximate surface area is 122 Å². The van der Waals surface area contributed by atoms with Gasteiger partial charge in [-0.25, -0.2) is 4.98 Å². The van der Waals surface area contributed by atoms with Gasteiger partial charge in [0, 0.05) is 12.5 Å². The van der Waals surface area contributed by atoms with Crippen molar-refractivity contribution in [1.29, 1.82) is 0 Å². The van der Waals surface area contributed by atoms with Crippen LogP contribution < -0.4 is 10.1 Å². The Bertz CT molecular complexity index is 444. The molecule has 2 rings (SSSR count). The summed E-state index contributed by atoms with van der Waals surface area (Å²) >= 11 is 0. The molecule has 1 aliphatic rings. The summed E-state index contributed by atoms with van der Waals surface area (Å²) in [7, 11) is 0. The standard InChI is InChI=1S/C16H27N3O/c1-5-7-11(3)20-16-12(4)14(17-10-6-2)18-15(19-16)13-8-9-13/h11,13H,5-10H2,1-4H3,(H,17,18,19). The van der Waals surface area contributed by atoms with Crippen LogP contribution in [0.1, 0.15) is 70.2 Å². The van der Waals surface area contributed by atoms with Gasteiger partial charge >= 0.3 is 0 Å².